The van der Waals surface area contributed by atoms with E-state index in [2.05, 4.69) is 20.4 Å². The van der Waals surface area contributed by atoms with Crippen LogP contribution in [0.25, 0.3) is 11.5 Å². The van der Waals surface area contributed by atoms with E-state index in [0.717, 1.165) is 4.90 Å². The Morgan fingerprint density at radius 1 is 1.23 bits per heavy atom. The Bertz CT molecular complexity index is 849. The summed E-state index contributed by atoms with van der Waals surface area (Å²) >= 11 is 1.54. The van der Waals surface area contributed by atoms with Gasteiger partial charge in [0.05, 0.1) is 5.25 Å². The Morgan fingerprint density at radius 3 is 2.77 bits per heavy atom. The molecule has 0 aliphatic rings. The lowest BCUT2D eigenvalue weighted by molar-refractivity contribution is -0.120. The van der Waals surface area contributed by atoms with E-state index >= 15 is 0 Å². The zero-order valence-electron chi connectivity index (χ0n) is 14.7. The Kier molecular flexibility index (Phi) is 6.01. The van der Waals surface area contributed by atoms with Gasteiger partial charge in [-0.3, -0.25) is 9.78 Å². The maximum absolute atomic E-state index is 12.2. The first kappa shape index (κ1) is 18.1. The van der Waals surface area contributed by atoms with Crippen molar-refractivity contribution in [2.75, 3.05) is 6.54 Å². The van der Waals surface area contributed by atoms with Gasteiger partial charge in [-0.05, 0) is 38.1 Å². The fourth-order valence-corrected chi connectivity index (χ4v) is 3.16. The molecular formula is C19H20N4O2S. The minimum Gasteiger partial charge on any atom is -0.355 e. The van der Waals surface area contributed by atoms with Crippen LogP contribution in [0, 0.1) is 6.92 Å². The Hall–Kier alpha value is -2.67. The highest BCUT2D eigenvalue weighted by Crippen LogP contribution is 2.23. The third-order valence-electron chi connectivity index (χ3n) is 3.70. The van der Waals surface area contributed by atoms with E-state index in [1.54, 1.807) is 6.20 Å². The molecule has 2 aromatic heterocycles. The van der Waals surface area contributed by atoms with Crippen molar-refractivity contribution in [2.24, 2.45) is 0 Å². The van der Waals surface area contributed by atoms with E-state index in [0.29, 0.717) is 30.4 Å². The number of benzene rings is 1. The highest BCUT2D eigenvalue weighted by atomic mass is 32.2. The number of nitrogens with zero attached hydrogens (tertiary/aromatic N) is 3. The molecule has 3 rings (SSSR count). The molecule has 0 aliphatic heterocycles. The summed E-state index contributed by atoms with van der Waals surface area (Å²) in [5.41, 5.74) is 1.87. The molecule has 26 heavy (non-hydrogen) atoms. The SMILES string of the molecule is Cc1ccc(S[C@H](C)C(=O)NCCc2nc(-c3ccccn3)no2)cc1. The number of carbonyl (C=O) groups is 1. The summed E-state index contributed by atoms with van der Waals surface area (Å²) in [6.45, 7) is 4.38. The molecule has 7 heteroatoms. The maximum atomic E-state index is 12.2. The molecule has 134 valence electrons. The third kappa shape index (κ3) is 4.92. The van der Waals surface area contributed by atoms with Crippen molar-refractivity contribution < 1.29 is 9.32 Å². The van der Waals surface area contributed by atoms with Gasteiger partial charge in [-0.25, -0.2) is 0 Å². The van der Waals surface area contributed by atoms with Crippen LogP contribution in [-0.4, -0.2) is 32.8 Å². The molecule has 0 spiro atoms. The van der Waals surface area contributed by atoms with Crippen LogP contribution in [0.1, 0.15) is 18.4 Å². The van der Waals surface area contributed by atoms with Gasteiger partial charge in [0.15, 0.2) is 0 Å². The van der Waals surface area contributed by atoms with Gasteiger partial charge < -0.3 is 9.84 Å². The van der Waals surface area contributed by atoms with E-state index in [1.807, 2.05) is 56.3 Å². The van der Waals surface area contributed by atoms with Crippen LogP contribution in [0.15, 0.2) is 58.1 Å². The number of amides is 1. The van der Waals surface area contributed by atoms with Gasteiger partial charge in [0.2, 0.25) is 17.6 Å². The summed E-state index contributed by atoms with van der Waals surface area (Å²) in [6.07, 6.45) is 2.16. The lowest BCUT2D eigenvalue weighted by Crippen LogP contribution is -2.32. The normalized spacial score (nSPS) is 11.9. The van der Waals surface area contributed by atoms with Crippen molar-refractivity contribution >= 4 is 17.7 Å². The molecule has 0 saturated heterocycles. The number of hydrogen-bond donors (Lipinski definition) is 1. The lowest BCUT2D eigenvalue weighted by atomic mass is 10.2. The van der Waals surface area contributed by atoms with Crippen molar-refractivity contribution in [1.29, 1.82) is 0 Å². The van der Waals surface area contributed by atoms with Crippen LogP contribution in [0.4, 0.5) is 0 Å². The molecule has 1 aromatic carbocycles. The number of nitrogens with one attached hydrogen (secondary N) is 1. The largest absolute Gasteiger partial charge is 0.355 e. The molecular weight excluding hydrogens is 348 g/mol. The molecule has 6 nitrogen and oxygen atoms in total. The van der Waals surface area contributed by atoms with E-state index in [1.165, 1.54) is 17.3 Å². The first-order chi connectivity index (χ1) is 12.6. The number of aryl methyl sites for hydroxylation is 1. The number of carbonyl (C=O) groups excluding carboxylic acids is 1. The predicted molar refractivity (Wildman–Crippen MR) is 101 cm³/mol. The topological polar surface area (TPSA) is 80.9 Å². The quantitative estimate of drug-likeness (QED) is 0.645. The van der Waals surface area contributed by atoms with E-state index in [-0.39, 0.29) is 11.2 Å². The molecule has 1 N–H and O–H groups in total. The Morgan fingerprint density at radius 2 is 2.04 bits per heavy atom. The van der Waals surface area contributed by atoms with Crippen LogP contribution < -0.4 is 5.32 Å². The molecule has 3 aromatic rings. The van der Waals surface area contributed by atoms with Gasteiger partial charge in [0, 0.05) is 24.1 Å². The van der Waals surface area contributed by atoms with Gasteiger partial charge in [-0.15, -0.1) is 11.8 Å². The van der Waals surface area contributed by atoms with Gasteiger partial charge >= 0.3 is 0 Å². The second-order valence-electron chi connectivity index (χ2n) is 5.84. The molecule has 0 fully saturated rings. The summed E-state index contributed by atoms with van der Waals surface area (Å²) < 4.78 is 5.21. The Balaban J connectivity index is 1.46. The smallest absolute Gasteiger partial charge is 0.233 e. The van der Waals surface area contributed by atoms with E-state index < -0.39 is 0 Å². The lowest BCUT2D eigenvalue weighted by Gasteiger charge is -2.11. The zero-order chi connectivity index (χ0) is 18.4. The maximum Gasteiger partial charge on any atom is 0.233 e. The molecule has 0 bridgehead atoms. The molecule has 0 radical (unpaired) electrons. The predicted octanol–water partition coefficient (Wildman–Crippen LogP) is 3.28. The van der Waals surface area contributed by atoms with E-state index in [4.69, 9.17) is 4.52 Å². The highest BCUT2D eigenvalue weighted by Gasteiger charge is 2.15. The van der Waals surface area contributed by atoms with Crippen LogP contribution >= 0.6 is 11.8 Å². The monoisotopic (exact) mass is 368 g/mol. The average molecular weight is 368 g/mol. The molecule has 1 amide bonds. The van der Waals surface area contributed by atoms with Crippen LogP contribution in [0.5, 0.6) is 0 Å². The van der Waals surface area contributed by atoms with Crippen molar-refractivity contribution in [3.63, 3.8) is 0 Å². The van der Waals surface area contributed by atoms with Crippen LogP contribution in [0.2, 0.25) is 0 Å². The number of hydrogen-bond acceptors (Lipinski definition) is 6. The summed E-state index contributed by atoms with van der Waals surface area (Å²) in [4.78, 5) is 21.8. The number of thioether (sulfide) groups is 1. The molecule has 2 heterocycles. The van der Waals surface area contributed by atoms with Crippen LogP contribution in [0.3, 0.4) is 0 Å². The Labute approximate surface area is 156 Å². The van der Waals surface area contributed by atoms with Gasteiger partial charge in [-0.1, -0.05) is 28.9 Å². The van der Waals surface area contributed by atoms with Crippen molar-refractivity contribution in [3.05, 3.63) is 60.1 Å². The highest BCUT2D eigenvalue weighted by molar-refractivity contribution is 8.00. The number of aromatic nitrogens is 3. The molecule has 0 unspecified atom stereocenters. The molecule has 1 atom stereocenters. The zero-order valence-corrected chi connectivity index (χ0v) is 15.5. The average Bonchev–Trinajstić information content (AvgIpc) is 3.13. The van der Waals surface area contributed by atoms with Gasteiger partial charge in [0.1, 0.15) is 5.69 Å². The van der Waals surface area contributed by atoms with Crippen LogP contribution in [-0.2, 0) is 11.2 Å². The summed E-state index contributed by atoms with van der Waals surface area (Å²) in [5.74, 6) is 0.917. The van der Waals surface area contributed by atoms with Gasteiger partial charge in [-0.2, -0.15) is 4.98 Å². The minimum atomic E-state index is -0.176. The minimum absolute atomic E-state index is 0.0139. The summed E-state index contributed by atoms with van der Waals surface area (Å²) in [5, 5.41) is 6.65. The first-order valence-electron chi connectivity index (χ1n) is 8.37. The standard InChI is InChI=1S/C19H20N4O2S/c1-13-6-8-15(9-7-13)26-14(2)19(24)21-12-10-17-22-18(23-25-17)16-5-3-4-11-20-16/h3-9,11,14H,10,12H2,1-2H3,(H,21,24)/t14-/m1/s1. The third-order valence-corrected chi connectivity index (χ3v) is 4.82. The first-order valence-corrected chi connectivity index (χ1v) is 9.25. The summed E-state index contributed by atoms with van der Waals surface area (Å²) in [6, 6.07) is 13.7. The van der Waals surface area contributed by atoms with Crippen molar-refractivity contribution in [1.82, 2.24) is 20.4 Å². The number of pyridine rings is 1. The van der Waals surface area contributed by atoms with Gasteiger partial charge in [0.25, 0.3) is 0 Å². The van der Waals surface area contributed by atoms with E-state index in [9.17, 15) is 4.79 Å². The molecule has 0 aliphatic carbocycles. The van der Waals surface area contributed by atoms with Crippen molar-refractivity contribution in [2.45, 2.75) is 30.4 Å². The summed E-state index contributed by atoms with van der Waals surface area (Å²) in [7, 11) is 0. The van der Waals surface area contributed by atoms with Crippen molar-refractivity contribution in [3.8, 4) is 11.5 Å². The fraction of sp³-hybridized carbons (Fsp3) is 0.263. The number of rotatable bonds is 7. The molecule has 0 saturated carbocycles. The second kappa shape index (κ2) is 8.62. The fourth-order valence-electron chi connectivity index (χ4n) is 2.27. The second-order valence-corrected chi connectivity index (χ2v) is 7.26.